The first-order chi connectivity index (χ1) is 16.4. The first-order valence-corrected chi connectivity index (χ1v) is 11.6. The number of nitrogens with one attached hydrogen (secondary N) is 1. The zero-order valence-corrected chi connectivity index (χ0v) is 18.4. The summed E-state index contributed by atoms with van der Waals surface area (Å²) < 4.78 is 0. The first kappa shape index (κ1) is 19.6. The molecule has 0 saturated heterocycles. The number of aromatic nitrogens is 1. The van der Waals surface area contributed by atoms with E-state index in [1.54, 1.807) is 0 Å². The molecule has 1 N–H and O–H groups in total. The SMILES string of the molecule is C1=C[C@@H](c2c(-c3ccccc3)[nH]c3ccccc23)CC1=C(c1ccccc1)c1ccccc1. The average Bonchev–Trinajstić information content (AvgIpc) is 3.51. The third-order valence-electron chi connectivity index (χ3n) is 6.60. The van der Waals surface area contributed by atoms with Crippen LogP contribution in [0.25, 0.3) is 27.7 Å². The van der Waals surface area contributed by atoms with Gasteiger partial charge in [-0.2, -0.15) is 0 Å². The molecule has 5 aromatic rings. The second-order valence-electron chi connectivity index (χ2n) is 8.63. The van der Waals surface area contributed by atoms with Gasteiger partial charge in [-0.05, 0) is 45.9 Å². The highest BCUT2D eigenvalue weighted by molar-refractivity contribution is 5.92. The largest absolute Gasteiger partial charge is 0.354 e. The smallest absolute Gasteiger partial charge is 0.0503 e. The van der Waals surface area contributed by atoms with Gasteiger partial charge in [-0.3, -0.25) is 0 Å². The Morgan fingerprint density at radius 1 is 0.636 bits per heavy atom. The maximum Gasteiger partial charge on any atom is 0.0503 e. The molecule has 0 bridgehead atoms. The third kappa shape index (κ3) is 3.62. The number of hydrogen-bond donors (Lipinski definition) is 1. The average molecular weight is 424 g/mol. The summed E-state index contributed by atoms with van der Waals surface area (Å²) in [6.45, 7) is 0. The van der Waals surface area contributed by atoms with Crippen LogP contribution in [0.3, 0.4) is 0 Å². The van der Waals surface area contributed by atoms with Crippen molar-refractivity contribution in [2.45, 2.75) is 12.3 Å². The predicted octanol–water partition coefficient (Wildman–Crippen LogP) is 8.38. The van der Waals surface area contributed by atoms with E-state index in [-0.39, 0.29) is 0 Å². The fourth-order valence-corrected chi connectivity index (χ4v) is 5.12. The van der Waals surface area contributed by atoms with Crippen LogP contribution in [0.4, 0.5) is 0 Å². The molecule has 1 aliphatic rings. The van der Waals surface area contributed by atoms with E-state index in [0.29, 0.717) is 5.92 Å². The van der Waals surface area contributed by atoms with Crippen LogP contribution in [-0.2, 0) is 0 Å². The molecule has 1 heteroatoms. The molecule has 0 saturated carbocycles. The van der Waals surface area contributed by atoms with E-state index in [1.807, 2.05) is 0 Å². The molecule has 6 rings (SSSR count). The van der Waals surface area contributed by atoms with Crippen LogP contribution in [0.1, 0.15) is 29.0 Å². The highest BCUT2D eigenvalue weighted by Gasteiger charge is 2.25. The fraction of sp³-hybridized carbons (Fsp3) is 0.0625. The van der Waals surface area contributed by atoms with Gasteiger partial charge >= 0.3 is 0 Å². The maximum absolute atomic E-state index is 3.71. The zero-order valence-electron chi connectivity index (χ0n) is 18.4. The Hall–Kier alpha value is -4.10. The number of aromatic amines is 1. The van der Waals surface area contributed by atoms with E-state index >= 15 is 0 Å². The van der Waals surface area contributed by atoms with Gasteiger partial charge in [0.1, 0.15) is 0 Å². The van der Waals surface area contributed by atoms with Crippen molar-refractivity contribution in [3.05, 3.63) is 150 Å². The summed E-state index contributed by atoms with van der Waals surface area (Å²) in [7, 11) is 0. The molecule has 0 spiro atoms. The minimum absolute atomic E-state index is 0.328. The standard InChI is InChI=1S/C32H25N/c1-4-12-23(13-5-1)30(24-14-6-2-7-15-24)26-20-21-27(22-26)31-28-18-10-11-19-29(28)33-32(31)25-16-8-3-9-17-25/h1-21,27,33H,22H2/t27-/m1/s1. The molecule has 0 amide bonds. The highest BCUT2D eigenvalue weighted by atomic mass is 14.7. The highest BCUT2D eigenvalue weighted by Crippen LogP contribution is 2.44. The van der Waals surface area contributed by atoms with Gasteiger partial charge in [0, 0.05) is 16.8 Å². The number of allylic oxidation sites excluding steroid dienone is 3. The van der Waals surface area contributed by atoms with Crippen molar-refractivity contribution < 1.29 is 0 Å². The van der Waals surface area contributed by atoms with Crippen molar-refractivity contribution in [1.82, 2.24) is 4.98 Å². The van der Waals surface area contributed by atoms with Crippen molar-refractivity contribution >= 4 is 16.5 Å². The van der Waals surface area contributed by atoms with E-state index in [4.69, 9.17) is 0 Å². The molecular formula is C32H25N. The van der Waals surface area contributed by atoms with Gasteiger partial charge in [0.05, 0.1) is 5.69 Å². The molecule has 1 atom stereocenters. The topological polar surface area (TPSA) is 15.8 Å². The Morgan fingerprint density at radius 3 is 1.88 bits per heavy atom. The van der Waals surface area contributed by atoms with Crippen LogP contribution < -0.4 is 0 Å². The minimum Gasteiger partial charge on any atom is -0.354 e. The lowest BCUT2D eigenvalue weighted by molar-refractivity contribution is 0.889. The van der Waals surface area contributed by atoms with Crippen LogP contribution >= 0.6 is 0 Å². The second-order valence-corrected chi connectivity index (χ2v) is 8.63. The van der Waals surface area contributed by atoms with E-state index in [9.17, 15) is 0 Å². The molecule has 4 aromatic carbocycles. The number of H-pyrrole nitrogens is 1. The number of para-hydroxylation sites is 1. The molecule has 1 aliphatic carbocycles. The summed E-state index contributed by atoms with van der Waals surface area (Å²) in [6, 6.07) is 40.9. The monoisotopic (exact) mass is 423 g/mol. The summed E-state index contributed by atoms with van der Waals surface area (Å²) >= 11 is 0. The summed E-state index contributed by atoms with van der Waals surface area (Å²) in [5.41, 5.74) is 10.3. The third-order valence-corrected chi connectivity index (χ3v) is 6.60. The van der Waals surface area contributed by atoms with Crippen molar-refractivity contribution in [2.75, 3.05) is 0 Å². The van der Waals surface area contributed by atoms with Crippen LogP contribution in [0.15, 0.2) is 133 Å². The lowest BCUT2D eigenvalue weighted by Crippen LogP contribution is -1.97. The van der Waals surface area contributed by atoms with Crippen LogP contribution in [0.5, 0.6) is 0 Å². The minimum atomic E-state index is 0.328. The quantitative estimate of drug-likeness (QED) is 0.299. The number of benzene rings is 4. The van der Waals surface area contributed by atoms with E-state index in [0.717, 1.165) is 6.42 Å². The van der Waals surface area contributed by atoms with Gasteiger partial charge in [0.25, 0.3) is 0 Å². The summed E-state index contributed by atoms with van der Waals surface area (Å²) in [6.07, 6.45) is 5.72. The Balaban J connectivity index is 1.49. The Bertz CT molecular complexity index is 1410. The van der Waals surface area contributed by atoms with Gasteiger partial charge in [-0.1, -0.05) is 121 Å². The lowest BCUT2D eigenvalue weighted by atomic mass is 9.88. The van der Waals surface area contributed by atoms with E-state index in [1.165, 1.54) is 50.0 Å². The normalized spacial score (nSPS) is 15.3. The molecule has 1 heterocycles. The summed E-state index contributed by atoms with van der Waals surface area (Å²) in [5.74, 6) is 0.328. The van der Waals surface area contributed by atoms with Crippen molar-refractivity contribution in [1.29, 1.82) is 0 Å². The summed E-state index contributed by atoms with van der Waals surface area (Å²) in [4.78, 5) is 3.71. The first-order valence-electron chi connectivity index (χ1n) is 11.6. The maximum atomic E-state index is 3.71. The molecule has 158 valence electrons. The van der Waals surface area contributed by atoms with Gasteiger partial charge in [0.2, 0.25) is 0 Å². The van der Waals surface area contributed by atoms with Crippen LogP contribution in [0.2, 0.25) is 0 Å². The molecule has 0 radical (unpaired) electrons. The van der Waals surface area contributed by atoms with Gasteiger partial charge in [0.15, 0.2) is 0 Å². The molecule has 0 unspecified atom stereocenters. The Morgan fingerprint density at radius 2 is 1.21 bits per heavy atom. The molecule has 1 aromatic heterocycles. The van der Waals surface area contributed by atoms with E-state index in [2.05, 4.69) is 132 Å². The molecular weight excluding hydrogens is 398 g/mol. The zero-order chi connectivity index (χ0) is 22.0. The molecule has 0 aliphatic heterocycles. The fourth-order valence-electron chi connectivity index (χ4n) is 5.12. The van der Waals surface area contributed by atoms with Crippen molar-refractivity contribution in [3.63, 3.8) is 0 Å². The van der Waals surface area contributed by atoms with Crippen molar-refractivity contribution in [2.24, 2.45) is 0 Å². The van der Waals surface area contributed by atoms with Crippen LogP contribution in [-0.4, -0.2) is 4.98 Å². The molecule has 1 nitrogen and oxygen atoms in total. The lowest BCUT2D eigenvalue weighted by Gasteiger charge is -2.15. The molecule has 0 fully saturated rings. The Kier molecular flexibility index (Phi) is 5.01. The number of hydrogen-bond acceptors (Lipinski definition) is 0. The van der Waals surface area contributed by atoms with Gasteiger partial charge < -0.3 is 4.98 Å². The second kappa shape index (κ2) is 8.44. The van der Waals surface area contributed by atoms with Gasteiger partial charge in [-0.15, -0.1) is 0 Å². The number of fused-ring (bicyclic) bond motifs is 1. The van der Waals surface area contributed by atoms with E-state index < -0.39 is 0 Å². The van der Waals surface area contributed by atoms with Crippen molar-refractivity contribution in [3.8, 4) is 11.3 Å². The van der Waals surface area contributed by atoms with Crippen LogP contribution in [0, 0.1) is 0 Å². The Labute approximate surface area is 194 Å². The number of rotatable bonds is 4. The van der Waals surface area contributed by atoms with Gasteiger partial charge in [-0.25, -0.2) is 0 Å². The molecule has 33 heavy (non-hydrogen) atoms. The predicted molar refractivity (Wildman–Crippen MR) is 139 cm³/mol. The summed E-state index contributed by atoms with van der Waals surface area (Å²) in [5, 5.41) is 1.31.